The maximum absolute atomic E-state index is 12.3. The van der Waals surface area contributed by atoms with Crippen molar-refractivity contribution in [2.24, 2.45) is 0 Å². The van der Waals surface area contributed by atoms with Gasteiger partial charge in [-0.1, -0.05) is 18.2 Å². The summed E-state index contributed by atoms with van der Waals surface area (Å²) in [6.45, 7) is 3.42. The first kappa shape index (κ1) is 17.9. The summed E-state index contributed by atoms with van der Waals surface area (Å²) in [4.78, 5) is 27.9. The number of hydrogen-bond acceptors (Lipinski definition) is 5. The van der Waals surface area contributed by atoms with E-state index in [1.807, 2.05) is 43.1 Å². The summed E-state index contributed by atoms with van der Waals surface area (Å²) in [6.07, 6.45) is 0. The van der Waals surface area contributed by atoms with Gasteiger partial charge in [0.1, 0.15) is 0 Å². The molecular formula is C20H22N2O4. The van der Waals surface area contributed by atoms with Crippen molar-refractivity contribution in [2.75, 3.05) is 32.3 Å². The Balaban J connectivity index is 1.72. The summed E-state index contributed by atoms with van der Waals surface area (Å²) >= 11 is 0. The van der Waals surface area contributed by atoms with E-state index in [2.05, 4.69) is 0 Å². The van der Waals surface area contributed by atoms with Crippen molar-refractivity contribution in [3.63, 3.8) is 0 Å². The molecule has 0 radical (unpaired) electrons. The molecule has 2 aromatic carbocycles. The van der Waals surface area contributed by atoms with Gasteiger partial charge in [0.25, 0.3) is 5.78 Å². The Morgan fingerprint density at radius 2 is 1.85 bits per heavy atom. The maximum Gasteiger partial charge on any atom is 0.300 e. The molecule has 0 fully saturated rings. The summed E-state index contributed by atoms with van der Waals surface area (Å²) in [6, 6.07) is 12.9. The number of ether oxygens (including phenoxy) is 2. The number of para-hydroxylation sites is 1. The van der Waals surface area contributed by atoms with Crippen LogP contribution in [0.25, 0.3) is 0 Å². The molecule has 0 saturated carbocycles. The molecule has 6 heteroatoms. The zero-order valence-corrected chi connectivity index (χ0v) is 15.2. The highest BCUT2D eigenvalue weighted by Crippen LogP contribution is 2.30. The molecule has 1 amide bonds. The summed E-state index contributed by atoms with van der Waals surface area (Å²) in [7, 11) is 3.51. The van der Waals surface area contributed by atoms with E-state index in [4.69, 9.17) is 9.47 Å². The molecule has 0 aliphatic carbocycles. The smallest absolute Gasteiger partial charge is 0.300 e. The van der Waals surface area contributed by atoms with E-state index < -0.39 is 11.7 Å². The molecule has 1 aliphatic rings. The van der Waals surface area contributed by atoms with Gasteiger partial charge in [-0.3, -0.25) is 19.4 Å². The van der Waals surface area contributed by atoms with Gasteiger partial charge < -0.3 is 9.47 Å². The number of carbonyl (C=O) groups excluding carboxylic acids is 2. The van der Waals surface area contributed by atoms with Crippen LogP contribution < -0.4 is 14.4 Å². The molecule has 0 saturated heterocycles. The lowest BCUT2D eigenvalue weighted by Crippen LogP contribution is -2.38. The predicted molar refractivity (Wildman–Crippen MR) is 98.8 cm³/mol. The van der Waals surface area contributed by atoms with E-state index in [0.29, 0.717) is 42.6 Å². The van der Waals surface area contributed by atoms with Gasteiger partial charge in [-0.25, -0.2) is 0 Å². The number of benzene rings is 2. The highest BCUT2D eigenvalue weighted by molar-refractivity contribution is 6.52. The number of rotatable bonds is 7. The molecule has 0 aromatic heterocycles. The average molecular weight is 354 g/mol. The van der Waals surface area contributed by atoms with Crippen molar-refractivity contribution in [3.05, 3.63) is 53.6 Å². The topological polar surface area (TPSA) is 59.1 Å². The van der Waals surface area contributed by atoms with E-state index >= 15 is 0 Å². The van der Waals surface area contributed by atoms with Gasteiger partial charge in [-0.15, -0.1) is 0 Å². The highest BCUT2D eigenvalue weighted by Gasteiger charge is 2.35. The number of fused-ring (bicyclic) bond motifs is 1. The molecule has 0 unspecified atom stereocenters. The number of Topliss-reactive ketones (excluding diaryl/α,β-unsaturated/α-hetero) is 1. The number of amides is 1. The fraction of sp³-hybridized carbons (Fsp3) is 0.300. The third-order valence-corrected chi connectivity index (χ3v) is 4.24. The van der Waals surface area contributed by atoms with Gasteiger partial charge in [-0.05, 0) is 43.8 Å². The summed E-state index contributed by atoms with van der Waals surface area (Å²) in [5.74, 6) is 0.449. The van der Waals surface area contributed by atoms with Crippen LogP contribution in [-0.4, -0.2) is 44.0 Å². The normalized spacial score (nSPS) is 13.3. The number of anilines is 1. The molecule has 0 N–H and O–H groups in total. The molecule has 136 valence electrons. The number of ketones is 1. The molecule has 0 atom stereocenters. The van der Waals surface area contributed by atoms with Gasteiger partial charge in [0.2, 0.25) is 0 Å². The summed E-state index contributed by atoms with van der Waals surface area (Å²) in [5.41, 5.74) is 2.16. The van der Waals surface area contributed by atoms with E-state index in [0.717, 1.165) is 5.56 Å². The number of methoxy groups -OCH3 is 1. The van der Waals surface area contributed by atoms with Crippen LogP contribution in [0.2, 0.25) is 0 Å². The second kappa shape index (κ2) is 7.58. The lowest BCUT2D eigenvalue weighted by atomic mass is 10.1. The average Bonchev–Trinajstić information content (AvgIpc) is 2.88. The number of hydrogen-bond donors (Lipinski definition) is 0. The molecule has 6 nitrogen and oxygen atoms in total. The van der Waals surface area contributed by atoms with Crippen molar-refractivity contribution in [1.29, 1.82) is 0 Å². The zero-order valence-electron chi connectivity index (χ0n) is 15.2. The number of nitrogens with zero attached hydrogens (tertiary/aromatic N) is 2. The Labute approximate surface area is 152 Å². The SMILES string of the molecule is CCOc1ccc(CN(C)CN2C(=O)C(=O)c3ccccc32)cc1OC. The van der Waals surface area contributed by atoms with Crippen LogP contribution in [0.15, 0.2) is 42.5 Å². The van der Waals surface area contributed by atoms with Crippen LogP contribution in [0.1, 0.15) is 22.8 Å². The molecule has 0 bridgehead atoms. The van der Waals surface area contributed by atoms with E-state index in [1.165, 1.54) is 4.90 Å². The number of carbonyl (C=O) groups is 2. The van der Waals surface area contributed by atoms with Gasteiger partial charge in [0.15, 0.2) is 11.5 Å². The Hall–Kier alpha value is -2.86. The maximum atomic E-state index is 12.3. The van der Waals surface area contributed by atoms with E-state index in [9.17, 15) is 9.59 Å². The Morgan fingerprint density at radius 3 is 2.58 bits per heavy atom. The minimum absolute atomic E-state index is 0.330. The van der Waals surface area contributed by atoms with Crippen LogP contribution in [0.5, 0.6) is 11.5 Å². The van der Waals surface area contributed by atoms with Crippen LogP contribution in [0.3, 0.4) is 0 Å². The van der Waals surface area contributed by atoms with Gasteiger partial charge in [0.05, 0.1) is 31.6 Å². The lowest BCUT2D eigenvalue weighted by Gasteiger charge is -2.24. The standard InChI is InChI=1S/C20H22N2O4/c1-4-26-17-10-9-14(11-18(17)25-3)12-21(2)13-22-16-8-6-5-7-15(16)19(23)20(22)24/h5-11H,4,12-13H2,1-3H3. The molecule has 26 heavy (non-hydrogen) atoms. The van der Waals surface area contributed by atoms with Crippen LogP contribution in [-0.2, 0) is 11.3 Å². The van der Waals surface area contributed by atoms with Gasteiger partial charge in [-0.2, -0.15) is 0 Å². The first-order chi connectivity index (χ1) is 12.5. The van der Waals surface area contributed by atoms with Crippen LogP contribution in [0.4, 0.5) is 5.69 Å². The van der Waals surface area contributed by atoms with Crippen LogP contribution in [0, 0.1) is 0 Å². The Morgan fingerprint density at radius 1 is 1.08 bits per heavy atom. The van der Waals surface area contributed by atoms with E-state index in [-0.39, 0.29) is 0 Å². The minimum atomic E-state index is -0.484. The fourth-order valence-corrected chi connectivity index (χ4v) is 3.08. The highest BCUT2D eigenvalue weighted by atomic mass is 16.5. The summed E-state index contributed by atoms with van der Waals surface area (Å²) in [5, 5.41) is 0. The Bertz CT molecular complexity index is 834. The van der Waals surface area contributed by atoms with Crippen molar-refractivity contribution >= 4 is 17.4 Å². The largest absolute Gasteiger partial charge is 0.493 e. The van der Waals surface area contributed by atoms with Crippen LogP contribution >= 0.6 is 0 Å². The second-order valence-electron chi connectivity index (χ2n) is 6.15. The third-order valence-electron chi connectivity index (χ3n) is 4.24. The van der Waals surface area contributed by atoms with Crippen molar-refractivity contribution in [3.8, 4) is 11.5 Å². The molecular weight excluding hydrogens is 332 g/mol. The van der Waals surface area contributed by atoms with Gasteiger partial charge in [0, 0.05) is 6.54 Å². The molecule has 1 aliphatic heterocycles. The van der Waals surface area contributed by atoms with Crippen molar-refractivity contribution in [2.45, 2.75) is 13.5 Å². The quantitative estimate of drug-likeness (QED) is 0.716. The monoisotopic (exact) mass is 354 g/mol. The van der Waals surface area contributed by atoms with Crippen molar-refractivity contribution in [1.82, 2.24) is 4.90 Å². The Kier molecular flexibility index (Phi) is 5.23. The zero-order chi connectivity index (χ0) is 18.7. The minimum Gasteiger partial charge on any atom is -0.493 e. The van der Waals surface area contributed by atoms with Crippen molar-refractivity contribution < 1.29 is 19.1 Å². The fourth-order valence-electron chi connectivity index (χ4n) is 3.08. The third kappa shape index (κ3) is 3.41. The molecule has 3 rings (SSSR count). The van der Waals surface area contributed by atoms with E-state index in [1.54, 1.807) is 25.3 Å². The second-order valence-corrected chi connectivity index (χ2v) is 6.15. The van der Waals surface area contributed by atoms with Gasteiger partial charge >= 0.3 is 5.91 Å². The lowest BCUT2D eigenvalue weighted by molar-refractivity contribution is -0.114. The first-order valence-electron chi connectivity index (χ1n) is 8.48. The molecule has 0 spiro atoms. The predicted octanol–water partition coefficient (Wildman–Crippen LogP) is 2.71. The molecule has 1 heterocycles. The molecule has 2 aromatic rings. The first-order valence-corrected chi connectivity index (χ1v) is 8.48. The summed E-state index contributed by atoms with van der Waals surface area (Å²) < 4.78 is 10.9.